The molecule has 1 aromatic rings. The molecular weight excluding hydrogens is 238 g/mol. The van der Waals surface area contributed by atoms with E-state index in [2.05, 4.69) is 30.4 Å². The van der Waals surface area contributed by atoms with E-state index in [4.69, 9.17) is 4.74 Å². The first-order chi connectivity index (χ1) is 9.22. The van der Waals surface area contributed by atoms with Gasteiger partial charge in [0, 0.05) is 30.2 Å². The highest BCUT2D eigenvalue weighted by Crippen LogP contribution is 2.45. The van der Waals surface area contributed by atoms with Gasteiger partial charge in [-0.2, -0.15) is 0 Å². The van der Waals surface area contributed by atoms with Crippen molar-refractivity contribution in [2.75, 3.05) is 19.8 Å². The van der Waals surface area contributed by atoms with Crippen LogP contribution in [0.1, 0.15) is 42.9 Å². The molecule has 0 amide bonds. The molecule has 3 rings (SSSR count). The molecule has 1 aliphatic heterocycles. The number of benzene rings is 1. The molecule has 0 radical (unpaired) electrons. The van der Waals surface area contributed by atoms with Crippen LogP contribution in [0.25, 0.3) is 0 Å². The monoisotopic (exact) mass is 261 g/mol. The smallest absolute Gasteiger partial charge is 0.124 e. The number of aliphatic hydroxyl groups excluding tert-OH is 1. The van der Waals surface area contributed by atoms with Crippen molar-refractivity contribution in [2.45, 2.75) is 38.6 Å². The van der Waals surface area contributed by atoms with E-state index in [0.717, 1.165) is 44.6 Å². The maximum absolute atomic E-state index is 9.41. The standard InChI is InChI=1S/C16H23NO2/c1-12-4-5-13-14(3-2-8-19-15(13)9-12)17-10-16(11-18)6-7-16/h4-5,9,14,17-18H,2-3,6-8,10-11H2,1H3. The van der Waals surface area contributed by atoms with Crippen molar-refractivity contribution >= 4 is 0 Å². The van der Waals surface area contributed by atoms with Crippen molar-refractivity contribution in [1.29, 1.82) is 0 Å². The fourth-order valence-electron chi connectivity index (χ4n) is 2.80. The predicted octanol–water partition coefficient (Wildman–Crippen LogP) is 2.57. The van der Waals surface area contributed by atoms with Crippen LogP contribution in [0, 0.1) is 12.3 Å². The summed E-state index contributed by atoms with van der Waals surface area (Å²) in [5, 5.41) is 13.1. The van der Waals surface area contributed by atoms with E-state index in [1.54, 1.807) is 0 Å². The summed E-state index contributed by atoms with van der Waals surface area (Å²) in [4.78, 5) is 0. The molecule has 3 heteroatoms. The highest BCUT2D eigenvalue weighted by atomic mass is 16.5. The Labute approximate surface area is 115 Å². The molecule has 19 heavy (non-hydrogen) atoms. The van der Waals surface area contributed by atoms with Gasteiger partial charge in [-0.3, -0.25) is 0 Å². The van der Waals surface area contributed by atoms with Gasteiger partial charge >= 0.3 is 0 Å². The number of hydrogen-bond donors (Lipinski definition) is 2. The summed E-state index contributed by atoms with van der Waals surface area (Å²) in [5.74, 6) is 1.03. The summed E-state index contributed by atoms with van der Waals surface area (Å²) >= 11 is 0. The number of aliphatic hydroxyl groups is 1. The summed E-state index contributed by atoms with van der Waals surface area (Å²) < 4.78 is 5.84. The van der Waals surface area contributed by atoms with Crippen molar-refractivity contribution in [3.05, 3.63) is 29.3 Å². The van der Waals surface area contributed by atoms with E-state index in [1.165, 1.54) is 11.1 Å². The molecule has 1 aromatic carbocycles. The summed E-state index contributed by atoms with van der Waals surface area (Å²) in [6, 6.07) is 6.84. The first-order valence-electron chi connectivity index (χ1n) is 7.30. The second-order valence-corrected chi connectivity index (χ2v) is 6.12. The largest absolute Gasteiger partial charge is 0.493 e. The van der Waals surface area contributed by atoms with Gasteiger partial charge in [0.1, 0.15) is 5.75 Å². The van der Waals surface area contributed by atoms with Crippen LogP contribution in [0.3, 0.4) is 0 Å². The van der Waals surface area contributed by atoms with Crippen LogP contribution in [0.5, 0.6) is 5.75 Å². The lowest BCUT2D eigenvalue weighted by Crippen LogP contribution is -2.30. The lowest BCUT2D eigenvalue weighted by atomic mass is 9.99. The van der Waals surface area contributed by atoms with Crippen LogP contribution in [-0.2, 0) is 0 Å². The second kappa shape index (κ2) is 5.14. The average molecular weight is 261 g/mol. The molecule has 0 spiro atoms. The van der Waals surface area contributed by atoms with Crippen molar-refractivity contribution in [1.82, 2.24) is 5.32 Å². The Kier molecular flexibility index (Phi) is 3.50. The molecule has 104 valence electrons. The third-order valence-corrected chi connectivity index (χ3v) is 4.46. The Balaban J connectivity index is 1.74. The minimum Gasteiger partial charge on any atom is -0.493 e. The van der Waals surface area contributed by atoms with Crippen LogP contribution in [0.4, 0.5) is 0 Å². The van der Waals surface area contributed by atoms with Crippen LogP contribution in [-0.4, -0.2) is 24.9 Å². The van der Waals surface area contributed by atoms with Gasteiger partial charge in [-0.05, 0) is 44.2 Å². The molecule has 1 heterocycles. The van der Waals surface area contributed by atoms with Crippen molar-refractivity contribution in [3.63, 3.8) is 0 Å². The van der Waals surface area contributed by atoms with Crippen molar-refractivity contribution in [2.24, 2.45) is 5.41 Å². The molecule has 3 nitrogen and oxygen atoms in total. The van der Waals surface area contributed by atoms with Crippen LogP contribution in [0.2, 0.25) is 0 Å². The quantitative estimate of drug-likeness (QED) is 0.875. The zero-order chi connectivity index (χ0) is 13.3. The van der Waals surface area contributed by atoms with Crippen LogP contribution >= 0.6 is 0 Å². The second-order valence-electron chi connectivity index (χ2n) is 6.12. The topological polar surface area (TPSA) is 41.5 Å². The van der Waals surface area contributed by atoms with Crippen LogP contribution in [0.15, 0.2) is 18.2 Å². The van der Waals surface area contributed by atoms with E-state index in [-0.39, 0.29) is 5.41 Å². The molecule has 1 aliphatic carbocycles. The van der Waals surface area contributed by atoms with Gasteiger partial charge in [-0.25, -0.2) is 0 Å². The SMILES string of the molecule is Cc1ccc2c(c1)OCCCC2NCC1(CO)CC1. The number of rotatable bonds is 4. The first-order valence-corrected chi connectivity index (χ1v) is 7.30. The van der Waals surface area contributed by atoms with E-state index < -0.39 is 0 Å². The Morgan fingerprint density at radius 2 is 2.26 bits per heavy atom. The Hall–Kier alpha value is -1.06. The molecule has 1 atom stereocenters. The lowest BCUT2D eigenvalue weighted by molar-refractivity contribution is 0.203. The van der Waals surface area contributed by atoms with Gasteiger partial charge in [0.15, 0.2) is 0 Å². The van der Waals surface area contributed by atoms with E-state index in [1.807, 2.05) is 0 Å². The maximum atomic E-state index is 9.41. The number of ether oxygens (including phenoxy) is 1. The third kappa shape index (κ3) is 2.77. The van der Waals surface area contributed by atoms with Gasteiger partial charge in [-0.15, -0.1) is 0 Å². The molecule has 1 fully saturated rings. The van der Waals surface area contributed by atoms with Crippen LogP contribution < -0.4 is 10.1 Å². The Morgan fingerprint density at radius 3 is 3.00 bits per heavy atom. The highest BCUT2D eigenvalue weighted by Gasteiger charge is 2.42. The minimum atomic E-state index is 0.165. The number of fused-ring (bicyclic) bond motifs is 1. The predicted molar refractivity (Wildman–Crippen MR) is 75.4 cm³/mol. The number of aryl methyl sites for hydroxylation is 1. The average Bonchev–Trinajstić information content (AvgIpc) is 3.20. The summed E-state index contributed by atoms with van der Waals surface area (Å²) in [6.07, 6.45) is 4.50. The van der Waals surface area contributed by atoms with Gasteiger partial charge in [0.2, 0.25) is 0 Å². The molecule has 0 aromatic heterocycles. The Morgan fingerprint density at radius 1 is 1.42 bits per heavy atom. The van der Waals surface area contributed by atoms with Gasteiger partial charge in [-0.1, -0.05) is 12.1 Å². The molecule has 2 aliphatic rings. The normalized spacial score (nSPS) is 24.2. The number of hydrogen-bond acceptors (Lipinski definition) is 3. The third-order valence-electron chi connectivity index (χ3n) is 4.46. The van der Waals surface area contributed by atoms with Gasteiger partial charge in [0.25, 0.3) is 0 Å². The lowest BCUT2D eigenvalue weighted by Gasteiger charge is -2.22. The minimum absolute atomic E-state index is 0.165. The highest BCUT2D eigenvalue weighted by molar-refractivity contribution is 5.40. The summed E-state index contributed by atoms with van der Waals surface area (Å²) in [7, 11) is 0. The molecule has 0 saturated heterocycles. The first kappa shape index (κ1) is 12.9. The molecular formula is C16H23NO2. The van der Waals surface area contributed by atoms with Crippen molar-refractivity contribution in [3.8, 4) is 5.75 Å². The molecule has 0 bridgehead atoms. The molecule has 1 unspecified atom stereocenters. The van der Waals surface area contributed by atoms with Gasteiger partial charge < -0.3 is 15.2 Å². The van der Waals surface area contributed by atoms with E-state index in [9.17, 15) is 5.11 Å². The fraction of sp³-hybridized carbons (Fsp3) is 0.625. The Bertz CT molecular complexity index is 454. The van der Waals surface area contributed by atoms with Gasteiger partial charge in [0.05, 0.1) is 6.61 Å². The van der Waals surface area contributed by atoms with E-state index >= 15 is 0 Å². The zero-order valence-corrected chi connectivity index (χ0v) is 11.6. The molecule has 1 saturated carbocycles. The maximum Gasteiger partial charge on any atom is 0.124 e. The summed E-state index contributed by atoms with van der Waals surface area (Å²) in [6.45, 7) is 4.13. The summed E-state index contributed by atoms with van der Waals surface area (Å²) in [5.41, 5.74) is 2.68. The van der Waals surface area contributed by atoms with Crippen molar-refractivity contribution < 1.29 is 9.84 Å². The fourth-order valence-corrected chi connectivity index (χ4v) is 2.80. The zero-order valence-electron chi connectivity index (χ0n) is 11.6. The molecule has 2 N–H and O–H groups in total. The number of nitrogens with one attached hydrogen (secondary N) is 1. The van der Waals surface area contributed by atoms with E-state index in [0.29, 0.717) is 12.6 Å².